The van der Waals surface area contributed by atoms with Gasteiger partial charge < -0.3 is 10.3 Å². The van der Waals surface area contributed by atoms with Crippen LogP contribution in [0.3, 0.4) is 0 Å². The first-order valence-electron chi connectivity index (χ1n) is 5.00. The molecule has 1 aromatic carbocycles. The zero-order valence-electron chi connectivity index (χ0n) is 9.27. The van der Waals surface area contributed by atoms with E-state index in [9.17, 15) is 4.79 Å². The number of carbonyl (C=O) groups is 1. The van der Waals surface area contributed by atoms with Gasteiger partial charge in [-0.05, 0) is 32.0 Å². The zero-order valence-corrected chi connectivity index (χ0v) is 9.27. The number of benzene rings is 1. The van der Waals surface area contributed by atoms with Crippen LogP contribution in [0.5, 0.6) is 0 Å². The number of Topliss-reactive ketones (excluding diaryl/α,β-unsaturated/α-hetero) is 1. The van der Waals surface area contributed by atoms with Crippen LogP contribution in [0.15, 0.2) is 30.6 Å². The Morgan fingerprint density at radius 2 is 2.19 bits per heavy atom. The second kappa shape index (κ2) is 3.81. The van der Waals surface area contributed by atoms with Gasteiger partial charge in [0.25, 0.3) is 0 Å². The minimum absolute atomic E-state index is 0.0218. The minimum Gasteiger partial charge on any atom is -0.398 e. The molecule has 0 fully saturated rings. The van der Waals surface area contributed by atoms with Crippen molar-refractivity contribution in [2.75, 3.05) is 5.73 Å². The normalized spacial score (nSPS) is 10.4. The minimum atomic E-state index is -0.0218. The first-order chi connectivity index (χ1) is 7.59. The Kier molecular flexibility index (Phi) is 2.48. The van der Waals surface area contributed by atoms with E-state index in [2.05, 4.69) is 4.98 Å². The molecule has 0 aliphatic rings. The molecule has 1 aromatic heterocycles. The summed E-state index contributed by atoms with van der Waals surface area (Å²) in [5.41, 5.74) is 7.79. The van der Waals surface area contributed by atoms with Gasteiger partial charge in [0.1, 0.15) is 5.82 Å². The zero-order chi connectivity index (χ0) is 11.7. The van der Waals surface area contributed by atoms with E-state index in [-0.39, 0.29) is 5.78 Å². The van der Waals surface area contributed by atoms with Crippen molar-refractivity contribution in [2.45, 2.75) is 13.8 Å². The van der Waals surface area contributed by atoms with Gasteiger partial charge in [-0.25, -0.2) is 4.98 Å². The van der Waals surface area contributed by atoms with E-state index in [1.165, 1.54) is 6.92 Å². The summed E-state index contributed by atoms with van der Waals surface area (Å²) in [6.07, 6.45) is 3.59. The van der Waals surface area contributed by atoms with E-state index in [0.717, 1.165) is 11.5 Å². The Bertz CT molecular complexity index is 543. The summed E-state index contributed by atoms with van der Waals surface area (Å²) in [4.78, 5) is 15.4. The molecule has 2 rings (SSSR count). The molecular formula is C12H13N3O. The smallest absolute Gasteiger partial charge is 0.161 e. The van der Waals surface area contributed by atoms with Crippen molar-refractivity contribution in [2.24, 2.45) is 0 Å². The summed E-state index contributed by atoms with van der Waals surface area (Å²) in [5, 5.41) is 0. The number of ketones is 1. The summed E-state index contributed by atoms with van der Waals surface area (Å²) in [7, 11) is 0. The molecular weight excluding hydrogens is 202 g/mol. The molecule has 0 spiro atoms. The van der Waals surface area contributed by atoms with Crippen LogP contribution in [0.4, 0.5) is 5.69 Å². The van der Waals surface area contributed by atoms with Crippen LogP contribution in [-0.2, 0) is 0 Å². The van der Waals surface area contributed by atoms with E-state index < -0.39 is 0 Å². The van der Waals surface area contributed by atoms with Crippen molar-refractivity contribution >= 4 is 11.5 Å². The maximum Gasteiger partial charge on any atom is 0.161 e. The van der Waals surface area contributed by atoms with Crippen molar-refractivity contribution in [1.29, 1.82) is 0 Å². The number of rotatable bonds is 2. The molecule has 16 heavy (non-hydrogen) atoms. The maximum atomic E-state index is 11.2. The van der Waals surface area contributed by atoms with Crippen LogP contribution in [0.25, 0.3) is 5.69 Å². The molecule has 0 amide bonds. The molecule has 0 saturated carbocycles. The number of carbonyl (C=O) groups excluding carboxylic acids is 1. The Hall–Kier alpha value is -2.10. The Morgan fingerprint density at radius 1 is 1.44 bits per heavy atom. The van der Waals surface area contributed by atoms with E-state index in [1.54, 1.807) is 18.3 Å². The number of aromatic nitrogens is 2. The Labute approximate surface area is 93.7 Å². The fraction of sp³-hybridized carbons (Fsp3) is 0.167. The fourth-order valence-corrected chi connectivity index (χ4v) is 1.67. The highest BCUT2D eigenvalue weighted by Gasteiger charge is 2.07. The quantitative estimate of drug-likeness (QED) is 0.615. The topological polar surface area (TPSA) is 60.9 Å². The molecule has 0 bridgehead atoms. The number of hydrogen-bond acceptors (Lipinski definition) is 3. The molecule has 2 N–H and O–H groups in total. The number of nitrogen functional groups attached to an aromatic ring is 1. The van der Waals surface area contributed by atoms with Gasteiger partial charge in [0.2, 0.25) is 0 Å². The van der Waals surface area contributed by atoms with Gasteiger partial charge in [0.05, 0.1) is 0 Å². The number of anilines is 1. The second-order valence-corrected chi connectivity index (χ2v) is 3.67. The molecule has 0 saturated heterocycles. The molecule has 0 radical (unpaired) electrons. The SMILES string of the molecule is CC(=O)c1ccc(-n2ccnc2C)cc1N. The van der Waals surface area contributed by atoms with Gasteiger partial charge >= 0.3 is 0 Å². The second-order valence-electron chi connectivity index (χ2n) is 3.67. The number of aryl methyl sites for hydroxylation is 1. The molecule has 82 valence electrons. The molecule has 4 heteroatoms. The standard InChI is InChI=1S/C12H13N3O/c1-8(16)11-4-3-10(7-12(11)13)15-6-5-14-9(15)2/h3-7H,13H2,1-2H3. The highest BCUT2D eigenvalue weighted by atomic mass is 16.1. The summed E-state index contributed by atoms with van der Waals surface area (Å²) < 4.78 is 1.92. The fourth-order valence-electron chi connectivity index (χ4n) is 1.67. The third-order valence-corrected chi connectivity index (χ3v) is 2.52. The van der Waals surface area contributed by atoms with Crippen LogP contribution in [0.1, 0.15) is 23.1 Å². The molecule has 0 aliphatic carbocycles. The van der Waals surface area contributed by atoms with E-state index in [0.29, 0.717) is 11.3 Å². The van der Waals surface area contributed by atoms with Gasteiger partial charge in [-0.15, -0.1) is 0 Å². The lowest BCUT2D eigenvalue weighted by Gasteiger charge is -2.08. The van der Waals surface area contributed by atoms with E-state index in [4.69, 9.17) is 5.73 Å². The van der Waals surface area contributed by atoms with E-state index in [1.807, 2.05) is 23.8 Å². The lowest BCUT2D eigenvalue weighted by atomic mass is 10.1. The van der Waals surface area contributed by atoms with Gasteiger partial charge in [0, 0.05) is 29.3 Å². The number of imidazole rings is 1. The summed E-state index contributed by atoms with van der Waals surface area (Å²) in [6.45, 7) is 3.42. The van der Waals surface area contributed by atoms with Crippen LogP contribution in [0.2, 0.25) is 0 Å². The van der Waals surface area contributed by atoms with Gasteiger partial charge in [0.15, 0.2) is 5.78 Å². The lowest BCUT2D eigenvalue weighted by Crippen LogP contribution is -2.02. The molecule has 2 aromatic rings. The van der Waals surface area contributed by atoms with Crippen molar-refractivity contribution < 1.29 is 4.79 Å². The highest BCUT2D eigenvalue weighted by Crippen LogP contribution is 2.18. The van der Waals surface area contributed by atoms with Crippen molar-refractivity contribution in [3.63, 3.8) is 0 Å². The van der Waals surface area contributed by atoms with Crippen LogP contribution in [-0.4, -0.2) is 15.3 Å². The summed E-state index contributed by atoms with van der Waals surface area (Å²) in [6, 6.07) is 5.39. The van der Waals surface area contributed by atoms with Gasteiger partial charge in [-0.3, -0.25) is 4.79 Å². The van der Waals surface area contributed by atoms with Crippen molar-refractivity contribution in [3.8, 4) is 5.69 Å². The Balaban J connectivity index is 2.50. The molecule has 4 nitrogen and oxygen atoms in total. The van der Waals surface area contributed by atoms with Crippen LogP contribution >= 0.6 is 0 Å². The molecule has 1 heterocycles. The third-order valence-electron chi connectivity index (χ3n) is 2.52. The molecule has 0 atom stereocenters. The number of hydrogen-bond donors (Lipinski definition) is 1. The maximum absolute atomic E-state index is 11.2. The first-order valence-corrected chi connectivity index (χ1v) is 5.00. The lowest BCUT2D eigenvalue weighted by molar-refractivity contribution is 0.101. The average molecular weight is 215 g/mol. The average Bonchev–Trinajstić information content (AvgIpc) is 2.63. The first kappa shape index (κ1) is 10.4. The largest absolute Gasteiger partial charge is 0.398 e. The summed E-state index contributed by atoms with van der Waals surface area (Å²) >= 11 is 0. The van der Waals surface area contributed by atoms with Crippen molar-refractivity contribution in [1.82, 2.24) is 9.55 Å². The number of nitrogens with two attached hydrogens (primary N) is 1. The predicted octanol–water partition coefficient (Wildman–Crippen LogP) is 1.97. The predicted molar refractivity (Wildman–Crippen MR) is 62.7 cm³/mol. The molecule has 0 aliphatic heterocycles. The number of nitrogens with zero attached hydrogens (tertiary/aromatic N) is 2. The van der Waals surface area contributed by atoms with Crippen LogP contribution in [0, 0.1) is 6.92 Å². The highest BCUT2D eigenvalue weighted by molar-refractivity contribution is 5.99. The monoisotopic (exact) mass is 215 g/mol. The van der Waals surface area contributed by atoms with E-state index >= 15 is 0 Å². The van der Waals surface area contributed by atoms with Gasteiger partial charge in [-0.1, -0.05) is 0 Å². The molecule has 0 unspecified atom stereocenters. The van der Waals surface area contributed by atoms with Gasteiger partial charge in [-0.2, -0.15) is 0 Å². The van der Waals surface area contributed by atoms with Crippen LogP contribution < -0.4 is 5.73 Å². The Morgan fingerprint density at radius 3 is 2.69 bits per heavy atom. The van der Waals surface area contributed by atoms with Crippen molar-refractivity contribution in [3.05, 3.63) is 42.0 Å². The summed E-state index contributed by atoms with van der Waals surface area (Å²) in [5.74, 6) is 0.862. The third kappa shape index (κ3) is 1.69.